The highest BCUT2D eigenvalue weighted by Crippen LogP contribution is 2.46. The predicted octanol–water partition coefficient (Wildman–Crippen LogP) is 4.50. The Kier molecular flexibility index (Phi) is 5.50. The maximum atomic E-state index is 12.6. The third-order valence-corrected chi connectivity index (χ3v) is 6.22. The second kappa shape index (κ2) is 8.20. The highest BCUT2D eigenvalue weighted by molar-refractivity contribution is 7.15. The van der Waals surface area contributed by atoms with Gasteiger partial charge >= 0.3 is 5.97 Å². The largest absolute Gasteiger partial charge is 0.462 e. The number of ether oxygens (including phenoxy) is 1. The molecule has 0 aromatic carbocycles. The molecule has 0 unspecified atom stereocenters. The molecule has 1 N–H and O–H groups in total. The van der Waals surface area contributed by atoms with Crippen LogP contribution in [0.3, 0.4) is 0 Å². The van der Waals surface area contributed by atoms with Crippen LogP contribution in [0.1, 0.15) is 47.3 Å². The number of nitrogens with one attached hydrogen (secondary N) is 1. The van der Waals surface area contributed by atoms with E-state index in [1.54, 1.807) is 19.3 Å². The van der Waals surface area contributed by atoms with Gasteiger partial charge in [0.1, 0.15) is 10.0 Å². The zero-order valence-electron chi connectivity index (χ0n) is 15.3. The average Bonchev–Trinajstić information content (AvgIpc) is 3.29. The van der Waals surface area contributed by atoms with Gasteiger partial charge in [-0.05, 0) is 48.8 Å². The second-order valence-corrected chi connectivity index (χ2v) is 8.24. The lowest BCUT2D eigenvalue weighted by atomic mass is 10.1. The van der Waals surface area contributed by atoms with E-state index in [1.807, 2.05) is 22.9 Å². The number of carbonyl (C=O) groups excluding carboxylic acids is 2. The Morgan fingerprint density at radius 3 is 2.86 bits per heavy atom. The summed E-state index contributed by atoms with van der Waals surface area (Å²) in [5.41, 5.74) is 3.12. The number of pyridine rings is 1. The van der Waals surface area contributed by atoms with E-state index >= 15 is 0 Å². The van der Waals surface area contributed by atoms with Crippen molar-refractivity contribution >= 4 is 39.6 Å². The van der Waals surface area contributed by atoms with Crippen molar-refractivity contribution in [1.29, 1.82) is 0 Å². The molecular formula is C20H19N3O3S2. The van der Waals surface area contributed by atoms with Crippen molar-refractivity contribution in [2.75, 3.05) is 11.9 Å². The van der Waals surface area contributed by atoms with Crippen molar-refractivity contribution in [1.82, 2.24) is 9.97 Å². The minimum Gasteiger partial charge on any atom is -0.462 e. The molecule has 3 aromatic heterocycles. The number of nitrogens with zero attached hydrogens (tertiary/aromatic N) is 2. The molecule has 28 heavy (non-hydrogen) atoms. The topological polar surface area (TPSA) is 81.2 Å². The number of rotatable bonds is 7. The molecule has 0 bridgehead atoms. The SMILES string of the molecule is CCOC(=O)c1c(C2CC2)csc1NC(=O)Cc1csc(-c2cccnc2)n1. The van der Waals surface area contributed by atoms with Crippen LogP contribution in [-0.2, 0) is 16.0 Å². The summed E-state index contributed by atoms with van der Waals surface area (Å²) in [7, 11) is 0. The van der Waals surface area contributed by atoms with Crippen molar-refractivity contribution in [2.24, 2.45) is 0 Å². The van der Waals surface area contributed by atoms with Crippen LogP contribution in [0.15, 0.2) is 35.3 Å². The van der Waals surface area contributed by atoms with E-state index in [-0.39, 0.29) is 18.3 Å². The first kappa shape index (κ1) is 18.8. The lowest BCUT2D eigenvalue weighted by molar-refractivity contribution is -0.115. The Bertz CT molecular complexity index is 993. The van der Waals surface area contributed by atoms with Crippen LogP contribution in [-0.4, -0.2) is 28.5 Å². The van der Waals surface area contributed by atoms with Gasteiger partial charge in [0.15, 0.2) is 0 Å². The first-order valence-corrected chi connectivity index (χ1v) is 10.8. The molecule has 0 saturated heterocycles. The summed E-state index contributed by atoms with van der Waals surface area (Å²) in [4.78, 5) is 33.6. The summed E-state index contributed by atoms with van der Waals surface area (Å²) in [5, 5.41) is 8.11. The highest BCUT2D eigenvalue weighted by atomic mass is 32.1. The summed E-state index contributed by atoms with van der Waals surface area (Å²) in [5.74, 6) is -0.159. The van der Waals surface area contributed by atoms with Gasteiger partial charge in [-0.3, -0.25) is 9.78 Å². The summed E-state index contributed by atoms with van der Waals surface area (Å²) in [6.45, 7) is 2.09. The maximum absolute atomic E-state index is 12.6. The number of hydrogen-bond donors (Lipinski definition) is 1. The minimum absolute atomic E-state index is 0.149. The predicted molar refractivity (Wildman–Crippen MR) is 110 cm³/mol. The molecule has 0 spiro atoms. The van der Waals surface area contributed by atoms with E-state index in [2.05, 4.69) is 15.3 Å². The van der Waals surface area contributed by atoms with Crippen LogP contribution >= 0.6 is 22.7 Å². The molecule has 0 radical (unpaired) electrons. The van der Waals surface area contributed by atoms with Crippen LogP contribution in [0.25, 0.3) is 10.6 Å². The normalized spacial score (nSPS) is 13.3. The molecule has 0 atom stereocenters. The van der Waals surface area contributed by atoms with Gasteiger partial charge in [0.2, 0.25) is 5.91 Å². The zero-order chi connectivity index (χ0) is 19.5. The lowest BCUT2D eigenvalue weighted by Crippen LogP contribution is -2.17. The smallest absolute Gasteiger partial charge is 0.341 e. The molecule has 3 heterocycles. The van der Waals surface area contributed by atoms with Gasteiger partial charge in [0.25, 0.3) is 0 Å². The molecule has 1 aliphatic rings. The van der Waals surface area contributed by atoms with Gasteiger partial charge in [-0.2, -0.15) is 0 Å². The standard InChI is InChI=1S/C20H19N3O3S2/c1-2-26-20(25)17-15(12-5-6-12)11-28-19(17)23-16(24)8-14-10-27-18(22-14)13-4-3-7-21-9-13/h3-4,7,9-12H,2,5-6,8H2,1H3,(H,23,24). The van der Waals surface area contributed by atoms with Crippen LogP contribution in [0, 0.1) is 0 Å². The number of aromatic nitrogens is 2. The molecular weight excluding hydrogens is 394 g/mol. The van der Waals surface area contributed by atoms with Crippen molar-refractivity contribution in [3.05, 3.63) is 52.1 Å². The molecule has 3 aromatic rings. The molecule has 1 saturated carbocycles. The van der Waals surface area contributed by atoms with Crippen molar-refractivity contribution in [3.8, 4) is 10.6 Å². The molecule has 0 aliphatic heterocycles. The molecule has 1 amide bonds. The third-order valence-electron chi connectivity index (χ3n) is 4.37. The molecule has 1 aliphatic carbocycles. The van der Waals surface area contributed by atoms with Crippen LogP contribution in [0.5, 0.6) is 0 Å². The van der Waals surface area contributed by atoms with E-state index in [1.165, 1.54) is 22.7 Å². The number of anilines is 1. The minimum atomic E-state index is -0.367. The average molecular weight is 414 g/mol. The molecule has 6 nitrogen and oxygen atoms in total. The Hall–Kier alpha value is -2.58. The van der Waals surface area contributed by atoms with E-state index in [0.29, 0.717) is 28.8 Å². The van der Waals surface area contributed by atoms with E-state index in [0.717, 1.165) is 29.0 Å². The van der Waals surface area contributed by atoms with Crippen molar-refractivity contribution in [2.45, 2.75) is 32.1 Å². The Morgan fingerprint density at radius 1 is 1.29 bits per heavy atom. The van der Waals surface area contributed by atoms with Crippen LogP contribution in [0.4, 0.5) is 5.00 Å². The molecule has 144 valence electrons. The summed E-state index contributed by atoms with van der Waals surface area (Å²) >= 11 is 2.86. The van der Waals surface area contributed by atoms with E-state index in [9.17, 15) is 9.59 Å². The van der Waals surface area contributed by atoms with Crippen molar-refractivity contribution < 1.29 is 14.3 Å². The zero-order valence-corrected chi connectivity index (χ0v) is 16.9. The Balaban J connectivity index is 1.47. The summed E-state index contributed by atoms with van der Waals surface area (Å²) in [6.07, 6.45) is 5.76. The fourth-order valence-corrected chi connectivity index (χ4v) is 4.77. The summed E-state index contributed by atoms with van der Waals surface area (Å²) in [6, 6.07) is 3.79. The van der Waals surface area contributed by atoms with Gasteiger partial charge in [0.05, 0.1) is 24.3 Å². The quantitative estimate of drug-likeness (QED) is 0.577. The molecule has 4 rings (SSSR count). The van der Waals surface area contributed by atoms with Gasteiger partial charge in [0, 0.05) is 23.3 Å². The second-order valence-electron chi connectivity index (χ2n) is 6.50. The van der Waals surface area contributed by atoms with Gasteiger partial charge in [-0.15, -0.1) is 22.7 Å². The van der Waals surface area contributed by atoms with Gasteiger partial charge in [-0.1, -0.05) is 0 Å². The van der Waals surface area contributed by atoms with Gasteiger partial charge in [-0.25, -0.2) is 9.78 Å². The summed E-state index contributed by atoms with van der Waals surface area (Å²) < 4.78 is 5.20. The first-order valence-electron chi connectivity index (χ1n) is 9.09. The first-order chi connectivity index (χ1) is 13.7. The van der Waals surface area contributed by atoms with E-state index in [4.69, 9.17) is 4.74 Å². The highest BCUT2D eigenvalue weighted by Gasteiger charge is 2.32. The monoisotopic (exact) mass is 413 g/mol. The number of esters is 1. The van der Waals surface area contributed by atoms with E-state index < -0.39 is 0 Å². The number of carbonyl (C=O) groups is 2. The maximum Gasteiger partial charge on any atom is 0.341 e. The van der Waals surface area contributed by atoms with Gasteiger partial charge < -0.3 is 10.1 Å². The van der Waals surface area contributed by atoms with Crippen molar-refractivity contribution in [3.63, 3.8) is 0 Å². The third kappa shape index (κ3) is 4.13. The Morgan fingerprint density at radius 2 is 2.14 bits per heavy atom. The fourth-order valence-electron chi connectivity index (χ4n) is 2.92. The lowest BCUT2D eigenvalue weighted by Gasteiger charge is -2.07. The number of thiophene rings is 1. The fraction of sp³-hybridized carbons (Fsp3) is 0.300. The number of amides is 1. The number of hydrogen-bond acceptors (Lipinski definition) is 7. The van der Waals surface area contributed by atoms with Crippen LogP contribution < -0.4 is 5.32 Å². The Labute approximate surface area is 170 Å². The molecule has 8 heteroatoms. The van der Waals surface area contributed by atoms with Crippen LogP contribution in [0.2, 0.25) is 0 Å². The number of thiazole rings is 1. The molecule has 1 fully saturated rings.